The maximum absolute atomic E-state index is 13.5. The molecule has 0 aliphatic heterocycles. The Kier molecular flexibility index (Phi) is 16.1. The number of hydrogen-bond acceptors (Lipinski definition) is 11. The minimum Gasteiger partial charge on any atom is -0.480 e. The summed E-state index contributed by atoms with van der Waals surface area (Å²) in [5.74, 6) is -5.73. The summed E-state index contributed by atoms with van der Waals surface area (Å²) in [5, 5.41) is 31.5. The van der Waals surface area contributed by atoms with Gasteiger partial charge in [0.2, 0.25) is 35.4 Å². The van der Waals surface area contributed by atoms with Crippen molar-refractivity contribution in [2.24, 2.45) is 11.5 Å². The summed E-state index contributed by atoms with van der Waals surface area (Å²) >= 11 is 1.39. The van der Waals surface area contributed by atoms with Crippen molar-refractivity contribution in [2.75, 3.05) is 25.2 Å². The predicted octanol–water partition coefficient (Wildman–Crippen LogP) is -2.85. The minimum absolute atomic E-state index is 0.125. The van der Waals surface area contributed by atoms with E-state index in [1.165, 1.54) is 24.3 Å². The van der Waals surface area contributed by atoms with Gasteiger partial charge in [-0.25, -0.2) is 9.78 Å². The molecular formula is C32H44N10O9S. The highest BCUT2D eigenvalue weighted by molar-refractivity contribution is 7.98. The van der Waals surface area contributed by atoms with Crippen molar-refractivity contribution in [1.82, 2.24) is 41.5 Å². The lowest BCUT2D eigenvalue weighted by Gasteiger charge is -2.24. The van der Waals surface area contributed by atoms with E-state index in [0.717, 1.165) is 16.5 Å². The normalized spacial score (nSPS) is 13.9. The summed E-state index contributed by atoms with van der Waals surface area (Å²) in [4.78, 5) is 98.1. The monoisotopic (exact) mass is 744 g/mol. The number of H-pyrrole nitrogens is 2. The Labute approximate surface area is 302 Å². The van der Waals surface area contributed by atoms with Gasteiger partial charge in [0, 0.05) is 41.8 Å². The number of aliphatic hydroxyl groups excluding tert-OH is 1. The number of thioether (sulfide) groups is 1. The van der Waals surface area contributed by atoms with Crippen molar-refractivity contribution in [3.8, 4) is 0 Å². The lowest BCUT2D eigenvalue weighted by Crippen LogP contribution is -2.57. The van der Waals surface area contributed by atoms with Crippen LogP contribution in [0.3, 0.4) is 0 Å². The van der Waals surface area contributed by atoms with Crippen molar-refractivity contribution in [1.29, 1.82) is 0 Å². The largest absolute Gasteiger partial charge is 0.480 e. The molecule has 19 nitrogen and oxygen atoms in total. The molecule has 3 aromatic rings. The van der Waals surface area contributed by atoms with Gasteiger partial charge in [0.1, 0.15) is 24.2 Å². The summed E-state index contributed by atoms with van der Waals surface area (Å²) < 4.78 is 0. The van der Waals surface area contributed by atoms with Crippen LogP contribution in [0.4, 0.5) is 0 Å². The quantitative estimate of drug-likeness (QED) is 0.0496. The third kappa shape index (κ3) is 12.7. The number of primary amides is 1. The van der Waals surface area contributed by atoms with Gasteiger partial charge >= 0.3 is 5.97 Å². The fourth-order valence-corrected chi connectivity index (χ4v) is 5.53. The third-order valence-corrected chi connectivity index (χ3v) is 8.50. The van der Waals surface area contributed by atoms with Crippen LogP contribution in [0.5, 0.6) is 0 Å². The number of imidazole rings is 1. The molecule has 2 aromatic heterocycles. The number of carbonyl (C=O) groups is 7. The van der Waals surface area contributed by atoms with E-state index in [9.17, 15) is 43.8 Å². The van der Waals surface area contributed by atoms with Gasteiger partial charge < -0.3 is 58.2 Å². The number of fused-ring (bicyclic) bond motifs is 1. The second kappa shape index (κ2) is 20.4. The standard InChI is InChI=1S/C32H44N10O9S/c1-52-9-8-23(29(47)37-14-27(45)39-24(11-18-13-35-16-38-18)31(49)42-25(15-43)32(50)51)41-30(48)22(6-7-26(34)44)40-28(46)20(33)10-17-12-36-21-5-3-2-4-19(17)21/h2-5,12-13,16,20,22-25,36,43H,6-11,14-15,33H2,1H3,(H2,34,44)(H,35,38)(H,37,47)(H,39,45)(H,40,46)(H,41,48)(H,42,49)(H,50,51)/t20-,22+,23+,24-,25+/m0/s1. The Hall–Kier alpha value is -5.47. The summed E-state index contributed by atoms with van der Waals surface area (Å²) in [7, 11) is 0. The van der Waals surface area contributed by atoms with Gasteiger partial charge in [0.15, 0.2) is 0 Å². The summed E-state index contributed by atoms with van der Waals surface area (Å²) in [6, 6.07) is 1.01. The molecule has 0 fully saturated rings. The van der Waals surface area contributed by atoms with E-state index in [4.69, 9.17) is 11.5 Å². The number of carboxylic acid groups (broad SMARTS) is 1. The van der Waals surface area contributed by atoms with Crippen LogP contribution < -0.4 is 38.1 Å². The maximum Gasteiger partial charge on any atom is 0.328 e. The van der Waals surface area contributed by atoms with Gasteiger partial charge in [-0.1, -0.05) is 18.2 Å². The highest BCUT2D eigenvalue weighted by Gasteiger charge is 2.30. The van der Waals surface area contributed by atoms with Crippen LogP contribution in [0.25, 0.3) is 10.9 Å². The van der Waals surface area contributed by atoms with Gasteiger partial charge in [-0.2, -0.15) is 11.8 Å². The number of nitrogens with one attached hydrogen (secondary N) is 7. The molecule has 13 N–H and O–H groups in total. The molecule has 3 rings (SSSR count). The molecule has 52 heavy (non-hydrogen) atoms. The van der Waals surface area contributed by atoms with Crippen LogP contribution in [0.15, 0.2) is 43.0 Å². The van der Waals surface area contributed by atoms with E-state index in [1.807, 2.05) is 24.3 Å². The Balaban J connectivity index is 1.65. The number of amides is 6. The number of benzene rings is 1. The lowest BCUT2D eigenvalue weighted by molar-refractivity contribution is -0.143. The van der Waals surface area contributed by atoms with Crippen LogP contribution in [-0.4, -0.2) is 122 Å². The van der Waals surface area contributed by atoms with Crippen LogP contribution in [-0.2, 0) is 46.4 Å². The number of aliphatic carboxylic acids is 1. The van der Waals surface area contributed by atoms with Crippen LogP contribution >= 0.6 is 11.8 Å². The molecule has 0 aliphatic carbocycles. The average Bonchev–Trinajstić information content (AvgIpc) is 3.79. The molecule has 5 atom stereocenters. The van der Waals surface area contributed by atoms with E-state index in [1.54, 1.807) is 12.5 Å². The number of aromatic nitrogens is 3. The van der Waals surface area contributed by atoms with Gasteiger partial charge in [0.25, 0.3) is 0 Å². The Morgan fingerprint density at radius 1 is 0.865 bits per heavy atom. The molecular weight excluding hydrogens is 700 g/mol. The van der Waals surface area contributed by atoms with Crippen molar-refractivity contribution >= 4 is 64.1 Å². The number of nitrogens with two attached hydrogens (primary N) is 2. The Morgan fingerprint density at radius 2 is 1.54 bits per heavy atom. The molecule has 282 valence electrons. The van der Waals surface area contributed by atoms with Gasteiger partial charge in [-0.15, -0.1) is 0 Å². The van der Waals surface area contributed by atoms with E-state index >= 15 is 0 Å². The molecule has 2 heterocycles. The number of nitrogens with zero attached hydrogens (tertiary/aromatic N) is 1. The first kappa shape index (κ1) is 41.0. The summed E-state index contributed by atoms with van der Waals surface area (Å²) in [6.07, 6.45) is 5.97. The zero-order chi connectivity index (χ0) is 38.2. The minimum atomic E-state index is -1.62. The first-order chi connectivity index (χ1) is 24.8. The highest BCUT2D eigenvalue weighted by Crippen LogP contribution is 2.19. The topological polar surface area (TPSA) is 317 Å². The summed E-state index contributed by atoms with van der Waals surface area (Å²) in [6.45, 7) is -1.53. The zero-order valence-corrected chi connectivity index (χ0v) is 29.2. The molecule has 0 saturated heterocycles. The molecule has 0 spiro atoms. The molecule has 0 saturated carbocycles. The SMILES string of the molecule is CSCC[C@@H](NC(=O)[C@@H](CCC(N)=O)NC(=O)[C@@H](N)Cc1c[nH]c2ccccc12)C(=O)NCC(=O)N[C@@H](Cc1cnc[nH]1)C(=O)N[C@H](CO)C(=O)O. The van der Waals surface area contributed by atoms with E-state index in [0.29, 0.717) is 11.4 Å². The number of aliphatic hydroxyl groups is 1. The first-order valence-corrected chi connectivity index (χ1v) is 17.6. The summed E-state index contributed by atoms with van der Waals surface area (Å²) in [5.41, 5.74) is 13.6. The highest BCUT2D eigenvalue weighted by atomic mass is 32.2. The Bertz CT molecular complexity index is 1700. The Morgan fingerprint density at radius 3 is 2.19 bits per heavy atom. The van der Waals surface area contributed by atoms with Gasteiger partial charge in [-0.3, -0.25) is 28.8 Å². The molecule has 0 bridgehead atoms. The average molecular weight is 745 g/mol. The molecule has 0 unspecified atom stereocenters. The fourth-order valence-electron chi connectivity index (χ4n) is 5.06. The van der Waals surface area contributed by atoms with Crippen molar-refractivity contribution in [2.45, 2.75) is 62.3 Å². The number of aromatic amines is 2. The third-order valence-electron chi connectivity index (χ3n) is 7.86. The van der Waals surface area contributed by atoms with Crippen LogP contribution in [0.1, 0.15) is 30.5 Å². The maximum atomic E-state index is 13.5. The number of hydrogen-bond donors (Lipinski definition) is 11. The fraction of sp³-hybridized carbons (Fsp3) is 0.438. The van der Waals surface area contributed by atoms with Crippen molar-refractivity contribution in [3.05, 3.63) is 54.2 Å². The molecule has 6 amide bonds. The van der Waals surface area contributed by atoms with Crippen molar-refractivity contribution < 1.29 is 43.8 Å². The van der Waals surface area contributed by atoms with Gasteiger partial charge in [-0.05, 0) is 42.9 Å². The molecule has 0 aliphatic rings. The van der Waals surface area contributed by atoms with Gasteiger partial charge in [0.05, 0.1) is 25.5 Å². The predicted molar refractivity (Wildman–Crippen MR) is 189 cm³/mol. The zero-order valence-electron chi connectivity index (χ0n) is 28.3. The number of carbonyl (C=O) groups excluding carboxylic acids is 6. The van der Waals surface area contributed by atoms with Crippen molar-refractivity contribution in [3.63, 3.8) is 0 Å². The van der Waals surface area contributed by atoms with E-state index in [2.05, 4.69) is 41.5 Å². The van der Waals surface area contributed by atoms with Crippen LogP contribution in [0.2, 0.25) is 0 Å². The second-order valence-corrected chi connectivity index (χ2v) is 12.8. The van der Waals surface area contributed by atoms with E-state index in [-0.39, 0.29) is 32.1 Å². The lowest BCUT2D eigenvalue weighted by atomic mass is 10.0. The molecule has 20 heteroatoms. The molecule has 0 radical (unpaired) electrons. The first-order valence-electron chi connectivity index (χ1n) is 16.2. The van der Waals surface area contributed by atoms with E-state index < -0.39 is 84.8 Å². The second-order valence-electron chi connectivity index (χ2n) is 11.8. The number of para-hydroxylation sites is 1. The smallest absolute Gasteiger partial charge is 0.328 e. The number of carboxylic acids is 1. The van der Waals surface area contributed by atoms with Crippen LogP contribution in [0, 0.1) is 0 Å². The number of rotatable bonds is 22. The molecule has 1 aromatic carbocycles.